The molecular weight excluding hydrogens is 306 g/mol. The van der Waals surface area contributed by atoms with E-state index in [1.807, 2.05) is 41.7 Å². The van der Waals surface area contributed by atoms with Crippen molar-refractivity contribution in [2.45, 2.75) is 6.92 Å². The fourth-order valence-corrected chi connectivity index (χ4v) is 2.73. The fraction of sp³-hybridized carbons (Fsp3) is 0.176. The van der Waals surface area contributed by atoms with Crippen molar-refractivity contribution >= 4 is 16.8 Å². The first-order valence-corrected chi connectivity index (χ1v) is 7.43. The molecule has 0 saturated heterocycles. The Labute approximate surface area is 137 Å². The molecule has 0 aliphatic rings. The predicted octanol–water partition coefficient (Wildman–Crippen LogP) is 2.67. The Morgan fingerprint density at radius 2 is 1.71 bits per heavy atom. The van der Waals surface area contributed by atoms with E-state index < -0.39 is 0 Å². The average Bonchev–Trinajstić information content (AvgIpc) is 2.98. The molecule has 0 atom stereocenters. The third-order valence-electron chi connectivity index (χ3n) is 3.87. The van der Waals surface area contributed by atoms with Crippen LogP contribution in [0.4, 0.5) is 0 Å². The number of methoxy groups -OCH3 is 2. The van der Waals surface area contributed by atoms with E-state index in [9.17, 15) is 0 Å². The van der Waals surface area contributed by atoms with E-state index in [0.717, 1.165) is 17.0 Å². The van der Waals surface area contributed by atoms with Crippen LogP contribution in [0.2, 0.25) is 0 Å². The number of ether oxygens (including phenoxy) is 2. The molecule has 0 unspecified atom stereocenters. The molecule has 0 aliphatic heterocycles. The van der Waals surface area contributed by atoms with Crippen LogP contribution in [-0.4, -0.2) is 38.8 Å². The van der Waals surface area contributed by atoms with Gasteiger partial charge in [-0.3, -0.25) is 4.40 Å². The molecule has 4 rings (SSSR count). The second-order valence-corrected chi connectivity index (χ2v) is 5.28. The quantitative estimate of drug-likeness (QED) is 0.577. The molecule has 0 saturated carbocycles. The van der Waals surface area contributed by atoms with Gasteiger partial charge in [0.05, 0.1) is 25.5 Å². The van der Waals surface area contributed by atoms with Crippen LogP contribution in [0.3, 0.4) is 0 Å². The number of hydrogen-bond donors (Lipinski definition) is 0. The minimum absolute atomic E-state index is 0.508. The molecule has 7 nitrogen and oxygen atoms in total. The molecule has 7 heteroatoms. The number of fused-ring (bicyclic) bond motifs is 3. The van der Waals surface area contributed by atoms with Gasteiger partial charge in [0.2, 0.25) is 5.88 Å². The summed E-state index contributed by atoms with van der Waals surface area (Å²) >= 11 is 0. The number of benzene rings is 1. The maximum Gasteiger partial charge on any atom is 0.215 e. The van der Waals surface area contributed by atoms with Gasteiger partial charge in [-0.2, -0.15) is 4.98 Å². The van der Waals surface area contributed by atoms with Gasteiger partial charge in [-0.15, -0.1) is 10.2 Å². The number of para-hydroxylation sites is 1. The number of aromatic nitrogens is 5. The predicted molar refractivity (Wildman–Crippen MR) is 89.4 cm³/mol. The van der Waals surface area contributed by atoms with Gasteiger partial charge < -0.3 is 9.47 Å². The van der Waals surface area contributed by atoms with Crippen molar-refractivity contribution in [2.24, 2.45) is 0 Å². The summed E-state index contributed by atoms with van der Waals surface area (Å²) in [6.45, 7) is 1.90. The Balaban J connectivity index is 2.14. The van der Waals surface area contributed by atoms with E-state index in [1.54, 1.807) is 20.3 Å². The maximum atomic E-state index is 5.48. The smallest absolute Gasteiger partial charge is 0.215 e. The van der Waals surface area contributed by atoms with E-state index in [1.165, 1.54) is 0 Å². The molecule has 4 aromatic rings. The Morgan fingerprint density at radius 3 is 2.50 bits per heavy atom. The summed E-state index contributed by atoms with van der Waals surface area (Å²) < 4.78 is 12.6. The first kappa shape index (κ1) is 14.4. The Kier molecular flexibility index (Phi) is 3.26. The van der Waals surface area contributed by atoms with Gasteiger partial charge in [0.25, 0.3) is 0 Å². The van der Waals surface area contributed by atoms with Gasteiger partial charge >= 0.3 is 0 Å². The highest BCUT2D eigenvalue weighted by Gasteiger charge is 2.18. The van der Waals surface area contributed by atoms with Crippen LogP contribution in [0.5, 0.6) is 11.6 Å². The zero-order chi connectivity index (χ0) is 16.7. The van der Waals surface area contributed by atoms with Crippen LogP contribution in [0, 0.1) is 6.92 Å². The van der Waals surface area contributed by atoms with E-state index in [0.29, 0.717) is 28.5 Å². The summed E-state index contributed by atoms with van der Waals surface area (Å²) in [5, 5.41) is 8.53. The van der Waals surface area contributed by atoms with Crippen molar-refractivity contribution in [1.29, 1.82) is 0 Å². The molecule has 24 heavy (non-hydrogen) atoms. The lowest BCUT2D eigenvalue weighted by molar-refractivity contribution is 0.399. The molecule has 3 heterocycles. The number of aryl methyl sites for hydroxylation is 1. The second-order valence-electron chi connectivity index (χ2n) is 5.28. The van der Waals surface area contributed by atoms with E-state index >= 15 is 0 Å². The first-order chi connectivity index (χ1) is 11.7. The molecule has 0 N–H and O–H groups in total. The second kappa shape index (κ2) is 5.45. The largest absolute Gasteiger partial charge is 0.496 e. The highest BCUT2D eigenvalue weighted by molar-refractivity contribution is 5.79. The lowest BCUT2D eigenvalue weighted by Crippen LogP contribution is -2.01. The van der Waals surface area contributed by atoms with Crippen molar-refractivity contribution < 1.29 is 9.47 Å². The summed E-state index contributed by atoms with van der Waals surface area (Å²) in [5.74, 6) is 1.95. The zero-order valence-electron chi connectivity index (χ0n) is 13.5. The molecule has 0 aliphatic carbocycles. The van der Waals surface area contributed by atoms with Gasteiger partial charge in [0, 0.05) is 6.07 Å². The Hall–Kier alpha value is -3.22. The zero-order valence-corrected chi connectivity index (χ0v) is 13.5. The standard InChI is InChI=1S/C17H15N5O2/c1-10-15-21-20-12-8-9-14(24-3)19-17(12)22(15)16(18-10)11-6-4-5-7-13(11)23-2/h4-9H,1-3H3. The summed E-state index contributed by atoms with van der Waals surface area (Å²) in [6, 6.07) is 11.3. The molecule has 3 aromatic heterocycles. The minimum atomic E-state index is 0.508. The summed E-state index contributed by atoms with van der Waals surface area (Å²) in [4.78, 5) is 9.21. The number of nitrogens with zero attached hydrogens (tertiary/aromatic N) is 5. The van der Waals surface area contributed by atoms with Gasteiger partial charge in [0.1, 0.15) is 11.3 Å². The maximum absolute atomic E-state index is 5.48. The summed E-state index contributed by atoms with van der Waals surface area (Å²) in [7, 11) is 3.22. The molecule has 1 aromatic carbocycles. The molecular formula is C17H15N5O2. The van der Waals surface area contributed by atoms with Crippen LogP contribution in [0.25, 0.3) is 28.2 Å². The van der Waals surface area contributed by atoms with Gasteiger partial charge in [-0.25, -0.2) is 4.98 Å². The molecule has 0 spiro atoms. The number of imidazole rings is 1. The van der Waals surface area contributed by atoms with Gasteiger partial charge in [-0.1, -0.05) is 12.1 Å². The van der Waals surface area contributed by atoms with Crippen molar-refractivity contribution in [3.8, 4) is 23.0 Å². The van der Waals surface area contributed by atoms with E-state index in [-0.39, 0.29) is 0 Å². The lowest BCUT2D eigenvalue weighted by atomic mass is 10.2. The third kappa shape index (κ3) is 2.05. The summed E-state index contributed by atoms with van der Waals surface area (Å²) in [5.41, 5.74) is 3.60. The van der Waals surface area contributed by atoms with Crippen LogP contribution in [0.15, 0.2) is 36.4 Å². The topological polar surface area (TPSA) is 74.4 Å². The minimum Gasteiger partial charge on any atom is -0.496 e. The van der Waals surface area contributed by atoms with Crippen molar-refractivity contribution in [1.82, 2.24) is 24.6 Å². The monoisotopic (exact) mass is 321 g/mol. The van der Waals surface area contributed by atoms with Crippen molar-refractivity contribution in [2.75, 3.05) is 14.2 Å². The van der Waals surface area contributed by atoms with Crippen molar-refractivity contribution in [3.63, 3.8) is 0 Å². The lowest BCUT2D eigenvalue weighted by Gasteiger charge is -2.08. The fourth-order valence-electron chi connectivity index (χ4n) is 2.73. The Morgan fingerprint density at radius 1 is 0.875 bits per heavy atom. The molecule has 0 bridgehead atoms. The molecule has 0 amide bonds. The average molecular weight is 321 g/mol. The van der Waals surface area contributed by atoms with E-state index in [4.69, 9.17) is 9.47 Å². The normalized spacial score (nSPS) is 11.1. The number of pyridine rings is 1. The van der Waals surface area contributed by atoms with Gasteiger partial charge in [0.15, 0.2) is 17.1 Å². The Bertz CT molecular complexity index is 1060. The highest BCUT2D eigenvalue weighted by Crippen LogP contribution is 2.31. The number of rotatable bonds is 3. The van der Waals surface area contributed by atoms with Gasteiger partial charge in [-0.05, 0) is 25.1 Å². The first-order valence-electron chi connectivity index (χ1n) is 7.43. The SMILES string of the molecule is COc1ccc2nnc3c(C)nc(-c4ccccc4OC)n3c2n1. The number of hydrogen-bond acceptors (Lipinski definition) is 6. The van der Waals surface area contributed by atoms with Crippen molar-refractivity contribution in [3.05, 3.63) is 42.1 Å². The molecule has 0 fully saturated rings. The third-order valence-corrected chi connectivity index (χ3v) is 3.87. The van der Waals surface area contributed by atoms with Crippen LogP contribution < -0.4 is 9.47 Å². The highest BCUT2D eigenvalue weighted by atomic mass is 16.5. The summed E-state index contributed by atoms with van der Waals surface area (Å²) in [6.07, 6.45) is 0. The van der Waals surface area contributed by atoms with Crippen LogP contribution in [-0.2, 0) is 0 Å². The molecule has 120 valence electrons. The van der Waals surface area contributed by atoms with Crippen LogP contribution >= 0.6 is 0 Å². The molecule has 0 radical (unpaired) electrons. The van der Waals surface area contributed by atoms with Crippen LogP contribution in [0.1, 0.15) is 5.69 Å². The van der Waals surface area contributed by atoms with E-state index in [2.05, 4.69) is 20.2 Å².